The Balaban J connectivity index is 1.13. The maximum atomic E-state index is 10.8. The predicted octanol–water partition coefficient (Wildman–Crippen LogP) is 5.60. The quantitative estimate of drug-likeness (QED) is 0.287. The lowest BCUT2D eigenvalue weighted by molar-refractivity contribution is 0.00297. The molecule has 5 rings (SSSR count). The van der Waals surface area contributed by atoms with Crippen LogP contribution in [0.4, 0.5) is 0 Å². The van der Waals surface area contributed by atoms with Crippen LogP contribution in [-0.2, 0) is 4.74 Å². The zero-order valence-corrected chi connectivity index (χ0v) is 22.0. The van der Waals surface area contributed by atoms with Crippen molar-refractivity contribution < 1.29 is 9.84 Å². The highest BCUT2D eigenvalue weighted by Crippen LogP contribution is 2.29. The second kappa shape index (κ2) is 13.5. The number of nitrogens with zero attached hydrogens (tertiary/aromatic N) is 2. The van der Waals surface area contributed by atoms with Gasteiger partial charge in [-0.05, 0) is 22.3 Å². The molecule has 0 spiro atoms. The molecule has 1 saturated heterocycles. The number of ether oxygens (including phenoxy) is 1. The van der Waals surface area contributed by atoms with Gasteiger partial charge in [0.2, 0.25) is 0 Å². The fourth-order valence-electron chi connectivity index (χ4n) is 5.52. The third kappa shape index (κ3) is 6.97. The Labute approximate surface area is 227 Å². The molecule has 0 amide bonds. The molecule has 4 nitrogen and oxygen atoms in total. The lowest BCUT2D eigenvalue weighted by Crippen LogP contribution is -2.50. The van der Waals surface area contributed by atoms with Crippen molar-refractivity contribution in [1.82, 2.24) is 9.80 Å². The molecular weight excluding hydrogens is 468 g/mol. The van der Waals surface area contributed by atoms with Crippen molar-refractivity contribution in [2.24, 2.45) is 0 Å². The topological polar surface area (TPSA) is 35.9 Å². The van der Waals surface area contributed by atoms with Crippen molar-refractivity contribution in [2.75, 3.05) is 45.9 Å². The minimum absolute atomic E-state index is 0.154. The van der Waals surface area contributed by atoms with E-state index in [4.69, 9.17) is 4.74 Å². The number of β-amino-alcohol motifs (C(OH)–C–C–N with tert-alkyl or cyclic N) is 1. The van der Waals surface area contributed by atoms with Crippen LogP contribution in [0, 0.1) is 0 Å². The molecule has 1 heterocycles. The van der Waals surface area contributed by atoms with Gasteiger partial charge in [0, 0.05) is 38.6 Å². The zero-order chi connectivity index (χ0) is 26.0. The van der Waals surface area contributed by atoms with Crippen molar-refractivity contribution in [3.63, 3.8) is 0 Å². The molecular formula is C34H38N2O2. The monoisotopic (exact) mass is 506 g/mol. The Morgan fingerprint density at radius 3 is 1.42 bits per heavy atom. The number of benzene rings is 4. The van der Waals surface area contributed by atoms with Crippen molar-refractivity contribution in [1.29, 1.82) is 0 Å². The van der Waals surface area contributed by atoms with Crippen LogP contribution < -0.4 is 0 Å². The van der Waals surface area contributed by atoms with Crippen LogP contribution in [0.3, 0.4) is 0 Å². The van der Waals surface area contributed by atoms with E-state index in [0.717, 1.165) is 26.2 Å². The summed E-state index contributed by atoms with van der Waals surface area (Å²) in [6.07, 6.45) is -0.507. The maximum absolute atomic E-state index is 10.8. The van der Waals surface area contributed by atoms with Gasteiger partial charge >= 0.3 is 0 Å². The summed E-state index contributed by atoms with van der Waals surface area (Å²) in [5.41, 5.74) is 5.12. The van der Waals surface area contributed by atoms with Crippen LogP contribution >= 0.6 is 0 Å². The van der Waals surface area contributed by atoms with Gasteiger partial charge in [-0.2, -0.15) is 0 Å². The van der Waals surface area contributed by atoms with Crippen LogP contribution in [-0.4, -0.2) is 66.9 Å². The zero-order valence-electron chi connectivity index (χ0n) is 22.0. The Morgan fingerprint density at radius 1 is 0.553 bits per heavy atom. The first-order valence-electron chi connectivity index (χ1n) is 13.7. The summed E-state index contributed by atoms with van der Waals surface area (Å²) in [5.74, 6) is 0.154. The highest BCUT2D eigenvalue weighted by molar-refractivity contribution is 5.33. The fourth-order valence-corrected chi connectivity index (χ4v) is 5.52. The number of hydrogen-bond donors (Lipinski definition) is 1. The van der Waals surface area contributed by atoms with E-state index < -0.39 is 6.10 Å². The molecule has 1 N–H and O–H groups in total. The molecule has 0 radical (unpaired) electrons. The van der Waals surface area contributed by atoms with Gasteiger partial charge in [0.1, 0.15) is 0 Å². The van der Waals surface area contributed by atoms with E-state index in [1.54, 1.807) is 0 Å². The molecule has 4 aromatic carbocycles. The van der Waals surface area contributed by atoms with E-state index in [-0.39, 0.29) is 12.0 Å². The number of aliphatic hydroxyl groups excluding tert-OH is 1. The van der Waals surface area contributed by atoms with E-state index in [2.05, 4.69) is 119 Å². The van der Waals surface area contributed by atoms with Gasteiger partial charge < -0.3 is 9.84 Å². The molecule has 1 atom stereocenters. The van der Waals surface area contributed by atoms with E-state index in [9.17, 15) is 5.11 Å². The molecule has 0 unspecified atom stereocenters. The summed E-state index contributed by atoms with van der Waals surface area (Å²) in [6, 6.07) is 42.7. The highest BCUT2D eigenvalue weighted by Gasteiger charge is 2.27. The van der Waals surface area contributed by atoms with Gasteiger partial charge in [0.05, 0.1) is 25.4 Å². The van der Waals surface area contributed by atoms with Crippen LogP contribution in [0.2, 0.25) is 0 Å². The third-order valence-corrected chi connectivity index (χ3v) is 7.47. The Kier molecular flexibility index (Phi) is 9.35. The van der Waals surface area contributed by atoms with Gasteiger partial charge in [-0.25, -0.2) is 0 Å². The van der Waals surface area contributed by atoms with Gasteiger partial charge in [0.15, 0.2) is 0 Å². The van der Waals surface area contributed by atoms with Crippen molar-refractivity contribution in [2.45, 2.75) is 18.1 Å². The van der Waals surface area contributed by atoms with Crippen molar-refractivity contribution >= 4 is 0 Å². The summed E-state index contributed by atoms with van der Waals surface area (Å²) in [7, 11) is 0. The van der Waals surface area contributed by atoms with E-state index in [1.165, 1.54) is 22.3 Å². The van der Waals surface area contributed by atoms with Crippen LogP contribution in [0.1, 0.15) is 34.2 Å². The molecule has 0 saturated carbocycles. The molecule has 1 aliphatic rings. The minimum Gasteiger partial charge on any atom is -0.389 e. The second-order valence-electron chi connectivity index (χ2n) is 10.1. The Hall–Kier alpha value is -3.28. The smallest absolute Gasteiger partial charge is 0.0900 e. The number of hydrogen-bond acceptors (Lipinski definition) is 4. The first-order chi connectivity index (χ1) is 18.8. The van der Waals surface area contributed by atoms with Crippen LogP contribution in [0.15, 0.2) is 121 Å². The van der Waals surface area contributed by atoms with Crippen molar-refractivity contribution in [3.8, 4) is 0 Å². The molecule has 0 bridgehead atoms. The SMILES string of the molecule is O[C@H](COCC(c1ccccc1)c1ccccc1)CN1CCN(C(c2ccccc2)c2ccccc2)CC1. The van der Waals surface area contributed by atoms with Gasteiger partial charge in [-0.3, -0.25) is 9.80 Å². The average molecular weight is 507 g/mol. The predicted molar refractivity (Wildman–Crippen MR) is 154 cm³/mol. The molecule has 0 aromatic heterocycles. The summed E-state index contributed by atoms with van der Waals surface area (Å²) < 4.78 is 6.10. The van der Waals surface area contributed by atoms with Crippen molar-refractivity contribution in [3.05, 3.63) is 144 Å². The van der Waals surface area contributed by atoms with Gasteiger partial charge in [0.25, 0.3) is 0 Å². The largest absolute Gasteiger partial charge is 0.389 e. The average Bonchev–Trinajstić information content (AvgIpc) is 2.98. The minimum atomic E-state index is -0.507. The fraction of sp³-hybridized carbons (Fsp3) is 0.294. The molecule has 38 heavy (non-hydrogen) atoms. The maximum Gasteiger partial charge on any atom is 0.0900 e. The summed E-state index contributed by atoms with van der Waals surface area (Å²) in [6.45, 7) is 5.32. The molecule has 1 fully saturated rings. The first kappa shape index (κ1) is 26.3. The van der Waals surface area contributed by atoms with Gasteiger partial charge in [-0.1, -0.05) is 121 Å². The van der Waals surface area contributed by atoms with Gasteiger partial charge in [-0.15, -0.1) is 0 Å². The van der Waals surface area contributed by atoms with E-state index >= 15 is 0 Å². The highest BCUT2D eigenvalue weighted by atomic mass is 16.5. The molecule has 196 valence electrons. The third-order valence-electron chi connectivity index (χ3n) is 7.47. The van der Waals surface area contributed by atoms with E-state index in [1.807, 2.05) is 12.1 Å². The number of rotatable bonds is 11. The number of piperazine rings is 1. The summed E-state index contributed by atoms with van der Waals surface area (Å²) >= 11 is 0. The Bertz CT molecular complexity index is 1120. The lowest BCUT2D eigenvalue weighted by Gasteiger charge is -2.40. The molecule has 4 heteroatoms. The second-order valence-corrected chi connectivity index (χ2v) is 10.1. The van der Waals surface area contributed by atoms with Crippen LogP contribution in [0.25, 0.3) is 0 Å². The molecule has 1 aliphatic heterocycles. The Morgan fingerprint density at radius 2 is 0.974 bits per heavy atom. The van der Waals surface area contributed by atoms with Crippen LogP contribution in [0.5, 0.6) is 0 Å². The van der Waals surface area contributed by atoms with E-state index in [0.29, 0.717) is 19.8 Å². The lowest BCUT2D eigenvalue weighted by atomic mass is 9.92. The normalized spacial score (nSPS) is 15.7. The summed E-state index contributed by atoms with van der Waals surface area (Å²) in [5, 5.41) is 10.8. The summed E-state index contributed by atoms with van der Waals surface area (Å²) in [4.78, 5) is 4.93. The standard InChI is InChI=1S/C34H38N2O2/c37-32(26-38-27-33(28-13-5-1-6-14-28)29-15-7-2-8-16-29)25-35-21-23-36(24-22-35)34(30-17-9-3-10-18-30)31-19-11-4-12-20-31/h1-20,32-34,37H,21-27H2/t32-/m0/s1. The first-order valence-corrected chi connectivity index (χ1v) is 13.7. The number of aliphatic hydroxyl groups is 1. The molecule has 0 aliphatic carbocycles. The molecule has 4 aromatic rings.